The number of nitrogens with zero attached hydrogens (tertiary/aromatic N) is 2. The molecule has 3 rings (SSSR count). The van der Waals surface area contributed by atoms with Gasteiger partial charge in [0, 0.05) is 17.2 Å². The third-order valence-electron chi connectivity index (χ3n) is 3.77. The van der Waals surface area contributed by atoms with Crippen LogP contribution in [0.25, 0.3) is 11.3 Å². The highest BCUT2D eigenvalue weighted by Gasteiger charge is 2.13. The average Bonchev–Trinajstić information content (AvgIpc) is 3.09. The van der Waals surface area contributed by atoms with Crippen LogP contribution in [-0.2, 0) is 0 Å². The molecule has 0 radical (unpaired) electrons. The number of nitro groups is 1. The number of carboxylic acids is 1. The van der Waals surface area contributed by atoms with Crippen molar-refractivity contribution in [2.24, 2.45) is 4.99 Å². The van der Waals surface area contributed by atoms with Crippen LogP contribution in [0, 0.1) is 17.0 Å². The zero-order valence-corrected chi connectivity index (χ0v) is 13.7. The molecule has 0 fully saturated rings. The van der Waals surface area contributed by atoms with E-state index in [4.69, 9.17) is 9.52 Å². The molecular formula is C19H14N2O5. The zero-order chi connectivity index (χ0) is 18.7. The van der Waals surface area contributed by atoms with Crippen LogP contribution >= 0.6 is 0 Å². The van der Waals surface area contributed by atoms with E-state index in [2.05, 4.69) is 4.99 Å². The molecule has 0 saturated heterocycles. The number of nitro benzene ring substituents is 1. The number of aliphatic imine (C=N–C) groups is 1. The summed E-state index contributed by atoms with van der Waals surface area (Å²) >= 11 is 0. The molecule has 7 nitrogen and oxygen atoms in total. The quantitative estimate of drug-likeness (QED) is 0.411. The lowest BCUT2D eigenvalue weighted by Gasteiger charge is -2.00. The Morgan fingerprint density at radius 3 is 2.54 bits per heavy atom. The third-order valence-corrected chi connectivity index (χ3v) is 3.77. The fraction of sp³-hybridized carbons (Fsp3) is 0.0526. The molecule has 2 aromatic carbocycles. The van der Waals surface area contributed by atoms with Gasteiger partial charge in [0.25, 0.3) is 5.69 Å². The molecule has 0 aliphatic rings. The van der Waals surface area contributed by atoms with Crippen molar-refractivity contribution in [2.45, 2.75) is 6.92 Å². The minimum absolute atomic E-state index is 0.0348. The first-order valence-electron chi connectivity index (χ1n) is 7.67. The molecule has 0 saturated carbocycles. The fourth-order valence-corrected chi connectivity index (χ4v) is 2.36. The molecule has 130 valence electrons. The molecule has 7 heteroatoms. The number of furan rings is 1. The van der Waals surface area contributed by atoms with Gasteiger partial charge in [0.15, 0.2) is 0 Å². The van der Waals surface area contributed by atoms with Crippen LogP contribution in [0.2, 0.25) is 0 Å². The van der Waals surface area contributed by atoms with Gasteiger partial charge in [0.2, 0.25) is 0 Å². The summed E-state index contributed by atoms with van der Waals surface area (Å²) in [5.41, 5.74) is 1.99. The summed E-state index contributed by atoms with van der Waals surface area (Å²) in [7, 11) is 0. The molecule has 0 amide bonds. The first kappa shape index (κ1) is 17.1. The SMILES string of the molecule is Cc1ccc(-c2ccc(C=Nc3ccc(C(=O)O)cc3)o2)cc1[N+](=O)[O-]. The van der Waals surface area contributed by atoms with Crippen LogP contribution in [0.1, 0.15) is 21.7 Å². The number of hydrogen-bond donors (Lipinski definition) is 1. The summed E-state index contributed by atoms with van der Waals surface area (Å²) in [4.78, 5) is 25.7. The molecule has 0 aliphatic heterocycles. The normalized spacial score (nSPS) is 11.0. The molecular weight excluding hydrogens is 336 g/mol. The predicted molar refractivity (Wildman–Crippen MR) is 96.2 cm³/mol. The Balaban J connectivity index is 1.80. The number of carbonyl (C=O) groups is 1. The molecule has 1 N–H and O–H groups in total. The van der Waals surface area contributed by atoms with Crippen LogP contribution in [0.3, 0.4) is 0 Å². The van der Waals surface area contributed by atoms with Crippen LogP contribution in [-0.4, -0.2) is 22.2 Å². The fourth-order valence-electron chi connectivity index (χ4n) is 2.36. The number of carboxylic acid groups (broad SMARTS) is 1. The third kappa shape index (κ3) is 3.67. The zero-order valence-electron chi connectivity index (χ0n) is 13.7. The van der Waals surface area contributed by atoms with Crippen molar-refractivity contribution in [2.75, 3.05) is 0 Å². The molecule has 0 unspecified atom stereocenters. The van der Waals surface area contributed by atoms with E-state index in [1.807, 2.05) is 0 Å². The Morgan fingerprint density at radius 2 is 1.88 bits per heavy atom. The van der Waals surface area contributed by atoms with Gasteiger partial charge in [-0.25, -0.2) is 4.79 Å². The highest BCUT2D eigenvalue weighted by Crippen LogP contribution is 2.28. The van der Waals surface area contributed by atoms with Crippen molar-refractivity contribution in [3.05, 3.63) is 81.6 Å². The summed E-state index contributed by atoms with van der Waals surface area (Å²) in [6.45, 7) is 1.68. The standard InChI is InChI=1S/C19H14N2O5/c1-12-2-3-14(10-17(12)21(24)25)18-9-8-16(26-18)11-20-15-6-4-13(5-7-15)19(22)23/h2-11H,1H3,(H,22,23). The van der Waals surface area contributed by atoms with Gasteiger partial charge in [0.05, 0.1) is 22.4 Å². The second-order valence-corrected chi connectivity index (χ2v) is 5.57. The Kier molecular flexibility index (Phi) is 4.62. The molecule has 0 bridgehead atoms. The topological polar surface area (TPSA) is 106 Å². The monoisotopic (exact) mass is 350 g/mol. The Morgan fingerprint density at radius 1 is 1.15 bits per heavy atom. The first-order valence-corrected chi connectivity index (χ1v) is 7.67. The first-order chi connectivity index (χ1) is 12.4. The van der Waals surface area contributed by atoms with Crippen molar-refractivity contribution < 1.29 is 19.2 Å². The highest BCUT2D eigenvalue weighted by atomic mass is 16.6. The summed E-state index contributed by atoms with van der Waals surface area (Å²) in [6.07, 6.45) is 1.50. The van der Waals surface area contributed by atoms with Crippen molar-refractivity contribution in [1.29, 1.82) is 0 Å². The minimum atomic E-state index is -0.997. The van der Waals surface area contributed by atoms with Crippen molar-refractivity contribution in [1.82, 2.24) is 0 Å². The van der Waals surface area contributed by atoms with Gasteiger partial charge in [0.1, 0.15) is 11.5 Å². The van der Waals surface area contributed by atoms with E-state index in [1.54, 1.807) is 43.3 Å². The number of rotatable bonds is 5. The maximum atomic E-state index is 11.1. The lowest BCUT2D eigenvalue weighted by Crippen LogP contribution is -1.94. The maximum absolute atomic E-state index is 11.1. The predicted octanol–water partition coefficient (Wildman–Crippen LogP) is 4.61. The lowest BCUT2D eigenvalue weighted by atomic mass is 10.1. The largest absolute Gasteiger partial charge is 0.478 e. The van der Waals surface area contributed by atoms with E-state index in [1.165, 1.54) is 24.4 Å². The smallest absolute Gasteiger partial charge is 0.335 e. The van der Waals surface area contributed by atoms with E-state index >= 15 is 0 Å². The second-order valence-electron chi connectivity index (χ2n) is 5.57. The second kappa shape index (κ2) is 7.02. The average molecular weight is 350 g/mol. The van der Waals surface area contributed by atoms with Crippen LogP contribution in [0.5, 0.6) is 0 Å². The minimum Gasteiger partial charge on any atom is -0.478 e. The molecule has 0 atom stereocenters. The molecule has 3 aromatic rings. The summed E-state index contributed by atoms with van der Waals surface area (Å²) in [5, 5.41) is 19.9. The number of aromatic carboxylic acids is 1. The van der Waals surface area contributed by atoms with Crippen LogP contribution < -0.4 is 0 Å². The summed E-state index contributed by atoms with van der Waals surface area (Å²) in [6, 6.07) is 14.4. The molecule has 0 spiro atoms. The molecule has 26 heavy (non-hydrogen) atoms. The van der Waals surface area contributed by atoms with Gasteiger partial charge < -0.3 is 9.52 Å². The highest BCUT2D eigenvalue weighted by molar-refractivity contribution is 5.88. The summed E-state index contributed by atoms with van der Waals surface area (Å²) < 4.78 is 5.66. The number of hydrogen-bond acceptors (Lipinski definition) is 5. The molecule has 1 heterocycles. The van der Waals surface area contributed by atoms with Gasteiger partial charge in [-0.2, -0.15) is 0 Å². The summed E-state index contributed by atoms with van der Waals surface area (Å²) in [5.74, 6) is -0.0234. The van der Waals surface area contributed by atoms with Gasteiger partial charge in [-0.1, -0.05) is 12.1 Å². The molecule has 0 aliphatic carbocycles. The van der Waals surface area contributed by atoms with E-state index in [9.17, 15) is 14.9 Å². The number of benzene rings is 2. The van der Waals surface area contributed by atoms with Gasteiger partial charge in [-0.05, 0) is 43.3 Å². The van der Waals surface area contributed by atoms with E-state index in [0.29, 0.717) is 28.3 Å². The Hall–Kier alpha value is -3.74. The molecule has 1 aromatic heterocycles. The number of aryl methyl sites for hydroxylation is 1. The van der Waals surface area contributed by atoms with Gasteiger partial charge >= 0.3 is 5.97 Å². The van der Waals surface area contributed by atoms with Gasteiger partial charge in [-0.3, -0.25) is 15.1 Å². The van der Waals surface area contributed by atoms with Crippen molar-refractivity contribution in [3.8, 4) is 11.3 Å². The van der Waals surface area contributed by atoms with Gasteiger partial charge in [-0.15, -0.1) is 0 Å². The van der Waals surface area contributed by atoms with Crippen molar-refractivity contribution >= 4 is 23.6 Å². The van der Waals surface area contributed by atoms with Crippen molar-refractivity contribution in [3.63, 3.8) is 0 Å². The van der Waals surface area contributed by atoms with E-state index in [0.717, 1.165) is 0 Å². The van der Waals surface area contributed by atoms with Crippen LogP contribution in [0.4, 0.5) is 11.4 Å². The Bertz CT molecular complexity index is 1000. The maximum Gasteiger partial charge on any atom is 0.335 e. The Labute approximate surface area is 148 Å². The van der Waals surface area contributed by atoms with Crippen LogP contribution in [0.15, 0.2) is 64.0 Å². The van der Waals surface area contributed by atoms with E-state index in [-0.39, 0.29) is 11.3 Å². The lowest BCUT2D eigenvalue weighted by molar-refractivity contribution is -0.385. The van der Waals surface area contributed by atoms with E-state index < -0.39 is 10.9 Å².